The Morgan fingerprint density at radius 2 is 1.61 bits per heavy atom. The number of benzene rings is 1. The molecule has 0 aliphatic heterocycles. The van der Waals surface area contributed by atoms with Crippen LogP contribution in [0.3, 0.4) is 0 Å². The van der Waals surface area contributed by atoms with Crippen molar-refractivity contribution >= 4 is 5.78 Å². The molecule has 1 aliphatic rings. The average Bonchev–Trinajstić information content (AvgIpc) is 2.89. The molecule has 0 heterocycles. The number of aryl methyl sites for hydroxylation is 2. The minimum atomic E-state index is -0.0383. The van der Waals surface area contributed by atoms with Crippen molar-refractivity contribution in [2.24, 2.45) is 17.3 Å². The van der Waals surface area contributed by atoms with Crippen LogP contribution in [0.4, 0.5) is 0 Å². The number of rotatable bonds is 5. The molecular formula is C17H24O. The van der Waals surface area contributed by atoms with Crippen LogP contribution in [0.15, 0.2) is 24.3 Å². The Hall–Kier alpha value is -1.11. The van der Waals surface area contributed by atoms with E-state index in [1.54, 1.807) is 0 Å². The first kappa shape index (κ1) is 13.3. The van der Waals surface area contributed by atoms with Gasteiger partial charge in [0.2, 0.25) is 0 Å². The number of carbonyl (C=O) groups is 1. The van der Waals surface area contributed by atoms with E-state index in [4.69, 9.17) is 0 Å². The maximum Gasteiger partial charge on any atom is 0.139 e. The summed E-state index contributed by atoms with van der Waals surface area (Å²) in [4.78, 5) is 12.2. The fourth-order valence-electron chi connectivity index (χ4n) is 2.96. The van der Waals surface area contributed by atoms with Crippen molar-refractivity contribution in [3.05, 3.63) is 35.4 Å². The van der Waals surface area contributed by atoms with Crippen LogP contribution >= 0.6 is 0 Å². The van der Waals surface area contributed by atoms with E-state index in [0.29, 0.717) is 24.0 Å². The van der Waals surface area contributed by atoms with Gasteiger partial charge in [-0.15, -0.1) is 0 Å². The number of hydrogen-bond acceptors (Lipinski definition) is 1. The van der Waals surface area contributed by atoms with Gasteiger partial charge in [0.25, 0.3) is 0 Å². The van der Waals surface area contributed by atoms with E-state index in [-0.39, 0.29) is 5.41 Å². The second-order valence-corrected chi connectivity index (χ2v) is 5.95. The van der Waals surface area contributed by atoms with Gasteiger partial charge in [-0.2, -0.15) is 0 Å². The lowest BCUT2D eigenvalue weighted by Crippen LogP contribution is -2.16. The van der Waals surface area contributed by atoms with Gasteiger partial charge in [-0.3, -0.25) is 4.79 Å². The first-order chi connectivity index (χ1) is 8.50. The van der Waals surface area contributed by atoms with Crippen molar-refractivity contribution in [3.8, 4) is 0 Å². The SMILES string of the molecule is CCc1ccc(CCC(=O)C2(C)C(C)C2C)cc1. The minimum Gasteiger partial charge on any atom is -0.299 e. The van der Waals surface area contributed by atoms with E-state index >= 15 is 0 Å². The predicted octanol–water partition coefficient (Wildman–Crippen LogP) is 4.04. The standard InChI is InChI=1S/C17H24O/c1-5-14-6-8-15(9-7-14)10-11-16(18)17(4)12(2)13(17)3/h6-9,12-13H,5,10-11H2,1-4H3. The zero-order valence-electron chi connectivity index (χ0n) is 12.0. The highest BCUT2D eigenvalue weighted by Crippen LogP contribution is 2.59. The lowest BCUT2D eigenvalue weighted by Gasteiger charge is -2.09. The third-order valence-corrected chi connectivity index (χ3v) is 5.21. The molecule has 0 bridgehead atoms. The molecule has 0 amide bonds. The number of hydrogen-bond donors (Lipinski definition) is 0. The molecule has 0 N–H and O–H groups in total. The molecule has 1 aliphatic carbocycles. The summed E-state index contributed by atoms with van der Waals surface area (Å²) in [5.74, 6) is 1.57. The fourth-order valence-corrected chi connectivity index (χ4v) is 2.96. The van der Waals surface area contributed by atoms with Crippen LogP contribution < -0.4 is 0 Å². The van der Waals surface area contributed by atoms with Crippen LogP contribution in [-0.2, 0) is 17.6 Å². The highest BCUT2D eigenvalue weighted by Gasteiger charge is 2.59. The Kier molecular flexibility index (Phi) is 3.61. The predicted molar refractivity (Wildman–Crippen MR) is 75.6 cm³/mol. The molecule has 18 heavy (non-hydrogen) atoms. The van der Waals surface area contributed by atoms with Gasteiger partial charge in [0.05, 0.1) is 0 Å². The van der Waals surface area contributed by atoms with Crippen LogP contribution in [0.2, 0.25) is 0 Å². The highest BCUT2D eigenvalue weighted by molar-refractivity contribution is 5.88. The highest BCUT2D eigenvalue weighted by atomic mass is 16.1. The van der Waals surface area contributed by atoms with Gasteiger partial charge in [-0.1, -0.05) is 52.0 Å². The van der Waals surface area contributed by atoms with Crippen molar-refractivity contribution in [3.63, 3.8) is 0 Å². The maximum absolute atomic E-state index is 12.2. The van der Waals surface area contributed by atoms with Gasteiger partial charge in [-0.05, 0) is 35.8 Å². The summed E-state index contributed by atoms with van der Waals surface area (Å²) in [7, 11) is 0. The van der Waals surface area contributed by atoms with E-state index in [2.05, 4.69) is 52.0 Å². The molecule has 0 aromatic heterocycles. The van der Waals surface area contributed by atoms with E-state index < -0.39 is 0 Å². The van der Waals surface area contributed by atoms with Crippen molar-refractivity contribution in [1.29, 1.82) is 0 Å². The Morgan fingerprint density at radius 3 is 2.06 bits per heavy atom. The molecule has 1 aromatic rings. The molecule has 2 unspecified atom stereocenters. The molecule has 0 spiro atoms. The molecule has 2 rings (SSSR count). The molecule has 1 fully saturated rings. The van der Waals surface area contributed by atoms with E-state index in [1.807, 2.05) is 0 Å². The van der Waals surface area contributed by atoms with Crippen LogP contribution in [0.5, 0.6) is 0 Å². The summed E-state index contributed by atoms with van der Waals surface area (Å²) in [5.41, 5.74) is 2.61. The maximum atomic E-state index is 12.2. The fraction of sp³-hybridized carbons (Fsp3) is 0.588. The minimum absolute atomic E-state index is 0.0383. The Labute approximate surface area is 111 Å². The summed E-state index contributed by atoms with van der Waals surface area (Å²) in [6, 6.07) is 8.66. The Bertz CT molecular complexity index is 421. The molecule has 1 heteroatoms. The van der Waals surface area contributed by atoms with E-state index in [0.717, 1.165) is 12.8 Å². The first-order valence-electron chi connectivity index (χ1n) is 7.11. The van der Waals surface area contributed by atoms with Gasteiger partial charge in [0.15, 0.2) is 0 Å². The molecule has 1 saturated carbocycles. The normalized spacial score (nSPS) is 30.2. The number of ketones is 1. The van der Waals surface area contributed by atoms with Gasteiger partial charge in [0.1, 0.15) is 5.78 Å². The lowest BCUT2D eigenvalue weighted by atomic mass is 9.93. The summed E-state index contributed by atoms with van der Waals surface area (Å²) >= 11 is 0. The van der Waals surface area contributed by atoms with Crippen molar-refractivity contribution in [1.82, 2.24) is 0 Å². The summed E-state index contributed by atoms with van der Waals surface area (Å²) < 4.78 is 0. The third-order valence-electron chi connectivity index (χ3n) is 5.21. The molecule has 1 nitrogen and oxygen atoms in total. The molecule has 0 radical (unpaired) electrons. The zero-order chi connectivity index (χ0) is 13.3. The molecule has 98 valence electrons. The van der Waals surface area contributed by atoms with Gasteiger partial charge >= 0.3 is 0 Å². The monoisotopic (exact) mass is 244 g/mol. The summed E-state index contributed by atoms with van der Waals surface area (Å²) in [6.07, 6.45) is 2.65. The summed E-state index contributed by atoms with van der Waals surface area (Å²) in [6.45, 7) is 8.68. The van der Waals surface area contributed by atoms with Crippen molar-refractivity contribution in [2.75, 3.05) is 0 Å². The van der Waals surface area contributed by atoms with Crippen LogP contribution in [0.25, 0.3) is 0 Å². The number of Topliss-reactive ketones (excluding diaryl/α,β-unsaturated/α-hetero) is 1. The van der Waals surface area contributed by atoms with E-state index in [1.165, 1.54) is 11.1 Å². The molecular weight excluding hydrogens is 220 g/mol. The van der Waals surface area contributed by atoms with Crippen molar-refractivity contribution < 1.29 is 4.79 Å². The first-order valence-corrected chi connectivity index (χ1v) is 7.11. The third kappa shape index (κ3) is 2.23. The zero-order valence-corrected chi connectivity index (χ0v) is 12.0. The molecule has 0 saturated heterocycles. The quantitative estimate of drug-likeness (QED) is 0.764. The van der Waals surface area contributed by atoms with Crippen LogP contribution in [-0.4, -0.2) is 5.78 Å². The van der Waals surface area contributed by atoms with Crippen LogP contribution in [0, 0.1) is 17.3 Å². The molecule has 2 atom stereocenters. The second-order valence-electron chi connectivity index (χ2n) is 5.95. The number of carbonyl (C=O) groups excluding carboxylic acids is 1. The van der Waals surface area contributed by atoms with E-state index in [9.17, 15) is 4.79 Å². The topological polar surface area (TPSA) is 17.1 Å². The Balaban J connectivity index is 1.90. The average molecular weight is 244 g/mol. The smallest absolute Gasteiger partial charge is 0.139 e. The Morgan fingerprint density at radius 1 is 1.11 bits per heavy atom. The summed E-state index contributed by atoms with van der Waals surface area (Å²) in [5, 5.41) is 0. The van der Waals surface area contributed by atoms with Gasteiger partial charge < -0.3 is 0 Å². The second kappa shape index (κ2) is 4.87. The van der Waals surface area contributed by atoms with Crippen molar-refractivity contribution in [2.45, 2.75) is 47.0 Å². The molecule has 1 aromatic carbocycles. The van der Waals surface area contributed by atoms with Crippen LogP contribution in [0.1, 0.15) is 45.2 Å². The van der Waals surface area contributed by atoms with Gasteiger partial charge in [-0.25, -0.2) is 0 Å². The largest absolute Gasteiger partial charge is 0.299 e. The lowest BCUT2D eigenvalue weighted by molar-refractivity contribution is -0.124. The van der Waals surface area contributed by atoms with Gasteiger partial charge in [0, 0.05) is 11.8 Å².